The van der Waals surface area contributed by atoms with Crippen LogP contribution in [0.3, 0.4) is 0 Å². The fraction of sp³-hybridized carbons (Fsp3) is 0.553. The van der Waals surface area contributed by atoms with E-state index in [-0.39, 0.29) is 47.4 Å². The number of alkyl halides is 2. The number of imidazole rings is 1. The van der Waals surface area contributed by atoms with Crippen LogP contribution in [0.1, 0.15) is 104 Å². The summed E-state index contributed by atoms with van der Waals surface area (Å²) in [6.45, 7) is 6.08. The van der Waals surface area contributed by atoms with Crippen molar-refractivity contribution in [2.75, 3.05) is 63.6 Å². The Hall–Kier alpha value is -5.79. The Morgan fingerprint density at radius 2 is 1.85 bits per heavy atom. The van der Waals surface area contributed by atoms with Gasteiger partial charge in [0.05, 0.1) is 35.5 Å². The first-order valence-corrected chi connectivity index (χ1v) is 23.4. The van der Waals surface area contributed by atoms with Crippen LogP contribution in [0.5, 0.6) is 0 Å². The zero-order valence-electron chi connectivity index (χ0n) is 37.6. The van der Waals surface area contributed by atoms with Gasteiger partial charge in [0.15, 0.2) is 11.4 Å². The lowest BCUT2D eigenvalue weighted by Crippen LogP contribution is -2.44. The van der Waals surface area contributed by atoms with Crippen molar-refractivity contribution in [2.24, 2.45) is 18.9 Å². The number of hydrogen-bond acceptors (Lipinski definition) is 12. The number of ether oxygens (including phenoxy) is 1. The summed E-state index contributed by atoms with van der Waals surface area (Å²) in [5, 5.41) is 12.5. The number of nitrogens with zero attached hydrogens (tertiary/aromatic N) is 8. The average molecular weight is 912 g/mol. The minimum absolute atomic E-state index is 0.0276. The van der Waals surface area contributed by atoms with Crippen molar-refractivity contribution in [3.63, 3.8) is 0 Å². The number of carbonyl (C=O) groups excluding carboxylic acids is 3. The molecule has 352 valence electrons. The Morgan fingerprint density at radius 1 is 1.03 bits per heavy atom. The Kier molecular flexibility index (Phi) is 13.7. The van der Waals surface area contributed by atoms with Crippen LogP contribution < -0.4 is 21.6 Å². The molecule has 2 aliphatic carbocycles. The van der Waals surface area contributed by atoms with E-state index in [1.807, 2.05) is 18.2 Å². The van der Waals surface area contributed by atoms with E-state index in [9.17, 15) is 28.0 Å². The Bertz CT molecular complexity index is 2590. The molecule has 3 amide bonds. The minimum Gasteiger partial charge on any atom is -0.444 e. The molecule has 66 heavy (non-hydrogen) atoms. The molecule has 4 fully saturated rings. The molecular weight excluding hydrogens is 853 g/mol. The van der Waals surface area contributed by atoms with Crippen molar-refractivity contribution < 1.29 is 32.3 Å². The van der Waals surface area contributed by atoms with Crippen molar-refractivity contribution in [3.8, 4) is 11.5 Å². The predicted octanol–water partition coefficient (Wildman–Crippen LogP) is 5.96. The molecule has 1 unspecified atom stereocenters. The highest BCUT2D eigenvalue weighted by Crippen LogP contribution is 2.36. The zero-order chi connectivity index (χ0) is 45.9. The van der Waals surface area contributed by atoms with E-state index in [1.165, 1.54) is 29.9 Å². The summed E-state index contributed by atoms with van der Waals surface area (Å²) in [6.07, 6.45) is 10.8. The number of anilines is 2. The molecule has 6 heterocycles. The maximum Gasteiger partial charge on any atom is 0.329 e. The third kappa shape index (κ3) is 10.6. The van der Waals surface area contributed by atoms with Crippen molar-refractivity contribution in [3.05, 3.63) is 76.4 Å². The van der Waals surface area contributed by atoms with Crippen LogP contribution in [-0.2, 0) is 27.8 Å². The molecule has 2 saturated heterocycles. The van der Waals surface area contributed by atoms with E-state index in [0.29, 0.717) is 41.8 Å². The lowest BCUT2D eigenvalue weighted by Gasteiger charge is -2.35. The van der Waals surface area contributed by atoms with Crippen molar-refractivity contribution in [1.82, 2.24) is 44.0 Å². The summed E-state index contributed by atoms with van der Waals surface area (Å²) >= 11 is 0. The second-order valence-electron chi connectivity index (χ2n) is 18.6. The number of fused-ring (bicyclic) bond motifs is 1. The molecule has 5 aromatic rings. The molecule has 3 N–H and O–H groups in total. The van der Waals surface area contributed by atoms with Crippen molar-refractivity contribution in [1.29, 1.82) is 0 Å². The highest BCUT2D eigenvalue weighted by atomic mass is 19.3. The number of piperidine rings is 1. The number of nitrogens with one attached hydrogen (secondary N) is 3. The second-order valence-corrected chi connectivity index (χ2v) is 18.6. The average Bonchev–Trinajstić information content (AvgIpc) is 3.73. The first-order chi connectivity index (χ1) is 31.9. The summed E-state index contributed by atoms with van der Waals surface area (Å²) in [6, 6.07) is 8.76. The van der Waals surface area contributed by atoms with Crippen LogP contribution in [0.2, 0.25) is 0 Å². The van der Waals surface area contributed by atoms with Crippen LogP contribution in [0.25, 0.3) is 22.5 Å². The Morgan fingerprint density at radius 3 is 2.64 bits per heavy atom. The Balaban J connectivity index is 0.703. The number of benzene rings is 1. The van der Waals surface area contributed by atoms with Gasteiger partial charge in [0.2, 0.25) is 17.7 Å². The number of amides is 3. The Labute approximate surface area is 381 Å². The zero-order valence-corrected chi connectivity index (χ0v) is 37.6. The summed E-state index contributed by atoms with van der Waals surface area (Å²) in [5.74, 6) is 0.663. The first kappa shape index (κ1) is 45.4. The molecule has 17 nitrogen and oxygen atoms in total. The van der Waals surface area contributed by atoms with Gasteiger partial charge in [-0.2, -0.15) is 5.10 Å². The largest absolute Gasteiger partial charge is 0.444 e. The normalized spacial score (nSPS) is 21.8. The first-order valence-electron chi connectivity index (χ1n) is 23.4. The number of aromatic nitrogens is 6. The van der Waals surface area contributed by atoms with Gasteiger partial charge in [-0.1, -0.05) is 6.07 Å². The molecule has 2 aliphatic heterocycles. The van der Waals surface area contributed by atoms with Gasteiger partial charge in [-0.3, -0.25) is 38.4 Å². The van der Waals surface area contributed by atoms with E-state index in [0.717, 1.165) is 95.3 Å². The standard InChI is InChI=1S/C47H59F2N11O6/c1-56(19-16-34-26-58(20-21-65-34)18-3-4-29-9-12-37-39(22-29)57(2)47(64)60(37)38-13-14-41(61)54-45(38)63)25-31-7-10-33(11-8-31)59-27-35(42(55-59)43(48)49)52-44(62)36-28-66-46(53-36)32-15-17-50-40(23-32)51-24-30-5-6-30/h9,12,15,17,22-23,27-28,30-31,33-34,38,43H,3-8,10-11,13-14,16,18-21,24-26H2,1-2H3,(H,50,51)(H,52,62)(H,54,61,63)/t31-,33-,34-,38?/m1/s1. The molecule has 0 radical (unpaired) electrons. The van der Waals surface area contributed by atoms with Gasteiger partial charge in [0.25, 0.3) is 12.3 Å². The van der Waals surface area contributed by atoms with Crippen molar-refractivity contribution >= 4 is 40.3 Å². The smallest absolute Gasteiger partial charge is 0.329 e. The second kappa shape index (κ2) is 20.0. The fourth-order valence-corrected chi connectivity index (χ4v) is 9.73. The highest BCUT2D eigenvalue weighted by molar-refractivity contribution is 6.03. The molecular formula is C47H59F2N11O6. The molecule has 2 saturated carbocycles. The SMILES string of the molecule is CN(CC[C@@H]1CN(CCCc2ccc3c(c2)n(C)c(=O)n3C2CCC(=O)NC2=O)CCO1)C[C@H]1CC[C@H](n2cc(NC(=O)c3coc(-c4ccnc(NCC5CC5)c4)n3)c(C(F)F)n2)CC1. The molecule has 0 spiro atoms. The molecule has 4 aromatic heterocycles. The molecule has 1 aromatic carbocycles. The maximum absolute atomic E-state index is 14.2. The number of oxazole rings is 1. The summed E-state index contributed by atoms with van der Waals surface area (Å²) < 4.78 is 44.9. The van der Waals surface area contributed by atoms with Gasteiger partial charge < -0.3 is 24.7 Å². The third-order valence-electron chi connectivity index (χ3n) is 13.7. The maximum atomic E-state index is 14.2. The van der Waals surface area contributed by atoms with Crippen LogP contribution in [0.4, 0.5) is 20.3 Å². The van der Waals surface area contributed by atoms with Gasteiger partial charge >= 0.3 is 5.69 Å². The van der Waals surface area contributed by atoms with Gasteiger partial charge in [0, 0.05) is 64.1 Å². The van der Waals surface area contributed by atoms with Crippen LogP contribution in [0.15, 0.2) is 58.2 Å². The topological polar surface area (TPSA) is 187 Å². The van der Waals surface area contributed by atoms with Crippen LogP contribution in [0, 0.1) is 11.8 Å². The summed E-state index contributed by atoms with van der Waals surface area (Å²) in [4.78, 5) is 64.1. The van der Waals surface area contributed by atoms with E-state index < -0.39 is 30.0 Å². The number of morpholine rings is 1. The number of aryl methyl sites for hydroxylation is 2. The van der Waals surface area contributed by atoms with Gasteiger partial charge in [-0.05, 0) is 119 Å². The molecule has 19 heteroatoms. The summed E-state index contributed by atoms with van der Waals surface area (Å²) in [5.41, 5.74) is 2.44. The highest BCUT2D eigenvalue weighted by Gasteiger charge is 2.32. The minimum atomic E-state index is -2.87. The van der Waals surface area contributed by atoms with E-state index in [4.69, 9.17) is 9.15 Å². The summed E-state index contributed by atoms with van der Waals surface area (Å²) in [7, 11) is 3.87. The monoisotopic (exact) mass is 911 g/mol. The number of pyridine rings is 1. The fourth-order valence-electron chi connectivity index (χ4n) is 9.73. The number of hydrogen-bond donors (Lipinski definition) is 3. The van der Waals surface area contributed by atoms with Crippen LogP contribution >= 0.6 is 0 Å². The lowest BCUT2D eigenvalue weighted by atomic mass is 9.86. The molecule has 9 rings (SSSR count). The number of rotatable bonds is 18. The number of imide groups is 1. The number of halogens is 2. The predicted molar refractivity (Wildman–Crippen MR) is 242 cm³/mol. The van der Waals surface area contributed by atoms with E-state index in [1.54, 1.807) is 34.6 Å². The van der Waals surface area contributed by atoms with Gasteiger partial charge in [-0.15, -0.1) is 0 Å². The van der Waals surface area contributed by atoms with E-state index >= 15 is 0 Å². The lowest BCUT2D eigenvalue weighted by molar-refractivity contribution is -0.135. The molecule has 0 bridgehead atoms. The van der Waals surface area contributed by atoms with Crippen molar-refractivity contribution in [2.45, 2.75) is 95.2 Å². The van der Waals surface area contributed by atoms with Gasteiger partial charge in [0.1, 0.15) is 18.1 Å². The number of carbonyl (C=O) groups is 3. The van der Waals surface area contributed by atoms with E-state index in [2.05, 4.69) is 47.9 Å². The van der Waals surface area contributed by atoms with Gasteiger partial charge in [-0.25, -0.2) is 23.5 Å². The van der Waals surface area contributed by atoms with Crippen LogP contribution in [-0.4, -0.2) is 115 Å². The molecule has 2 atom stereocenters. The third-order valence-corrected chi connectivity index (χ3v) is 13.7. The quantitative estimate of drug-likeness (QED) is 0.0878. The molecule has 4 aliphatic rings.